The highest BCUT2D eigenvalue weighted by Crippen LogP contribution is 2.40. The number of para-hydroxylation sites is 1. The number of aliphatic carboxylic acids is 1. The molecule has 0 radical (unpaired) electrons. The number of thioether (sulfide) groups is 1. The number of aliphatic hydroxyl groups is 1. The van der Waals surface area contributed by atoms with Crippen molar-refractivity contribution in [2.45, 2.75) is 24.9 Å². The third kappa shape index (κ3) is 7.00. The smallest absolute Gasteiger partial charge is 0.358 e. The molecule has 0 aromatic heterocycles. The average Bonchev–Trinajstić information content (AvgIpc) is 2.89. The molecule has 2 aromatic carbocycles. The van der Waals surface area contributed by atoms with Gasteiger partial charge in [-0.3, -0.25) is 29.4 Å². The summed E-state index contributed by atoms with van der Waals surface area (Å²) in [6.45, 7) is 0.598. The molecule has 200 valence electrons. The first-order valence-electron chi connectivity index (χ1n) is 11.0. The number of rotatable bonds is 8. The number of ether oxygens (including phenoxy) is 2. The van der Waals surface area contributed by atoms with Crippen LogP contribution in [0.3, 0.4) is 0 Å². The Balaban J connectivity index is 0.000000934. The lowest BCUT2D eigenvalue weighted by molar-refractivity contribution is -0.384. The molecule has 38 heavy (non-hydrogen) atoms. The highest BCUT2D eigenvalue weighted by Gasteiger charge is 2.54. The molecular weight excluding hydrogens is 522 g/mol. The summed E-state index contributed by atoms with van der Waals surface area (Å²) in [5.41, 5.74) is 0.122. The van der Waals surface area contributed by atoms with E-state index in [2.05, 4.69) is 5.32 Å². The Labute approximate surface area is 220 Å². The zero-order valence-corrected chi connectivity index (χ0v) is 20.8. The number of β-lactam (4-membered cyclic amide) rings is 1. The molecule has 0 unspecified atom stereocenters. The summed E-state index contributed by atoms with van der Waals surface area (Å²) in [4.78, 5) is 57.8. The van der Waals surface area contributed by atoms with Gasteiger partial charge in [0.15, 0.2) is 12.3 Å². The lowest BCUT2D eigenvalue weighted by atomic mass is 10.0. The molecule has 2 aromatic rings. The topological polar surface area (TPSA) is 186 Å². The van der Waals surface area contributed by atoms with Crippen LogP contribution >= 0.6 is 11.8 Å². The standard InChI is InChI=1S/C22H19N3O8S.C2H4O2/c26-16-12-34-21-18(23-17(27)11-32-15-4-2-1-3-5-15)20(28)24(21)19(16)22(29)33-10-13-6-8-14(9-7-13)25(30)31;1-2(3)4/h1-9,18,21,26H,10-12H2,(H,23,27);1H3,(H,3,4)/t18-,21+;/m1./s1. The summed E-state index contributed by atoms with van der Waals surface area (Å²) in [6.07, 6.45) is 0. The first-order valence-corrected chi connectivity index (χ1v) is 12.1. The molecule has 4 rings (SSSR count). The fourth-order valence-electron chi connectivity index (χ4n) is 3.41. The van der Waals surface area contributed by atoms with Crippen LogP contribution in [-0.4, -0.2) is 67.6 Å². The maximum atomic E-state index is 12.7. The van der Waals surface area contributed by atoms with Crippen molar-refractivity contribution in [1.29, 1.82) is 0 Å². The van der Waals surface area contributed by atoms with Crippen LogP contribution in [0, 0.1) is 10.1 Å². The summed E-state index contributed by atoms with van der Waals surface area (Å²) in [5.74, 6) is -2.53. The van der Waals surface area contributed by atoms with E-state index in [0.717, 1.165) is 11.8 Å². The molecule has 0 saturated carbocycles. The second-order valence-electron chi connectivity index (χ2n) is 7.87. The number of carboxylic acids is 1. The normalized spacial score (nSPS) is 17.7. The number of nitro benzene ring substituents is 1. The van der Waals surface area contributed by atoms with Crippen LogP contribution in [0.1, 0.15) is 12.5 Å². The van der Waals surface area contributed by atoms with Gasteiger partial charge in [0, 0.05) is 19.1 Å². The van der Waals surface area contributed by atoms with Crippen LogP contribution in [0.4, 0.5) is 5.69 Å². The Morgan fingerprint density at radius 1 is 1.16 bits per heavy atom. The Bertz CT molecular complexity index is 1250. The number of carboxylic acid groups (broad SMARTS) is 1. The number of hydrogen-bond donors (Lipinski definition) is 3. The third-order valence-corrected chi connectivity index (χ3v) is 6.35. The van der Waals surface area contributed by atoms with E-state index in [4.69, 9.17) is 19.4 Å². The highest BCUT2D eigenvalue weighted by molar-refractivity contribution is 8.00. The predicted molar refractivity (Wildman–Crippen MR) is 133 cm³/mol. The van der Waals surface area contributed by atoms with Crippen LogP contribution in [0.2, 0.25) is 0 Å². The van der Waals surface area contributed by atoms with Gasteiger partial charge >= 0.3 is 5.97 Å². The molecule has 13 nitrogen and oxygen atoms in total. The Kier molecular flexibility index (Phi) is 9.27. The van der Waals surface area contributed by atoms with Gasteiger partial charge in [-0.15, -0.1) is 11.8 Å². The van der Waals surface area contributed by atoms with E-state index in [9.17, 15) is 29.6 Å². The SMILES string of the molecule is CC(=O)O.O=C(COc1ccccc1)N[C@@H]1C(=O)N2C(C(=O)OCc3ccc([N+](=O)[O-])cc3)=C(O)CS[C@@H]12. The molecular formula is C24H23N3O10S. The van der Waals surface area contributed by atoms with Crippen molar-refractivity contribution in [3.8, 4) is 5.75 Å². The van der Waals surface area contributed by atoms with Crippen LogP contribution in [-0.2, 0) is 30.5 Å². The van der Waals surface area contributed by atoms with Crippen LogP contribution < -0.4 is 10.1 Å². The van der Waals surface area contributed by atoms with Crippen LogP contribution in [0.15, 0.2) is 66.1 Å². The number of nitrogens with zero attached hydrogens (tertiary/aromatic N) is 2. The first kappa shape index (κ1) is 28.0. The molecule has 2 atom stereocenters. The van der Waals surface area contributed by atoms with Gasteiger partial charge in [0.2, 0.25) is 0 Å². The number of esters is 1. The quantitative estimate of drug-likeness (QED) is 0.191. The van der Waals surface area contributed by atoms with Gasteiger partial charge in [-0.05, 0) is 29.8 Å². The maximum Gasteiger partial charge on any atom is 0.358 e. The summed E-state index contributed by atoms with van der Waals surface area (Å²) < 4.78 is 10.6. The fraction of sp³-hybridized carbons (Fsp3) is 0.250. The van der Waals surface area contributed by atoms with Crippen molar-refractivity contribution in [3.05, 3.63) is 81.7 Å². The second-order valence-corrected chi connectivity index (χ2v) is 8.98. The van der Waals surface area contributed by atoms with Crippen molar-refractivity contribution >= 4 is 41.2 Å². The number of carbonyl (C=O) groups is 4. The van der Waals surface area contributed by atoms with E-state index in [-0.39, 0.29) is 36.1 Å². The Hall–Kier alpha value is -4.59. The minimum absolute atomic E-state index is 0.0588. The third-order valence-electron chi connectivity index (χ3n) is 5.09. The number of carbonyl (C=O) groups excluding carboxylic acids is 3. The van der Waals surface area contributed by atoms with Crippen molar-refractivity contribution in [3.63, 3.8) is 0 Å². The lowest BCUT2D eigenvalue weighted by Crippen LogP contribution is -2.70. The molecule has 2 amide bonds. The van der Waals surface area contributed by atoms with Crippen molar-refractivity contribution < 1.29 is 43.8 Å². The molecule has 0 bridgehead atoms. The summed E-state index contributed by atoms with van der Waals surface area (Å²) in [5, 5.41) is 30.4. The monoisotopic (exact) mass is 545 g/mol. The van der Waals surface area contributed by atoms with Gasteiger partial charge in [0.25, 0.3) is 23.5 Å². The number of benzene rings is 2. The summed E-state index contributed by atoms with van der Waals surface area (Å²) >= 11 is 1.20. The molecule has 0 spiro atoms. The number of amides is 2. The second kappa shape index (κ2) is 12.6. The maximum absolute atomic E-state index is 12.7. The van der Waals surface area contributed by atoms with Crippen molar-refractivity contribution in [2.24, 2.45) is 0 Å². The van der Waals surface area contributed by atoms with E-state index in [0.29, 0.717) is 11.3 Å². The van der Waals surface area contributed by atoms with Gasteiger partial charge in [-0.1, -0.05) is 18.2 Å². The van der Waals surface area contributed by atoms with E-state index in [1.165, 1.54) is 36.0 Å². The van der Waals surface area contributed by atoms with Crippen LogP contribution in [0.25, 0.3) is 0 Å². The fourth-order valence-corrected chi connectivity index (χ4v) is 4.61. The largest absolute Gasteiger partial charge is 0.509 e. The molecule has 2 heterocycles. The predicted octanol–water partition coefficient (Wildman–Crippen LogP) is 1.98. The van der Waals surface area contributed by atoms with Gasteiger partial charge in [0.1, 0.15) is 29.5 Å². The molecule has 2 aliphatic heterocycles. The molecule has 1 fully saturated rings. The minimum Gasteiger partial charge on any atom is -0.509 e. The zero-order valence-electron chi connectivity index (χ0n) is 19.9. The highest BCUT2D eigenvalue weighted by atomic mass is 32.2. The Morgan fingerprint density at radius 3 is 2.39 bits per heavy atom. The number of fused-ring (bicyclic) bond motifs is 1. The number of hydrogen-bond acceptors (Lipinski definition) is 10. The summed E-state index contributed by atoms with van der Waals surface area (Å²) in [6, 6.07) is 13.3. The van der Waals surface area contributed by atoms with Crippen LogP contribution in [0.5, 0.6) is 5.75 Å². The summed E-state index contributed by atoms with van der Waals surface area (Å²) in [7, 11) is 0. The Morgan fingerprint density at radius 2 is 1.79 bits per heavy atom. The van der Waals surface area contributed by atoms with Gasteiger partial charge in [-0.2, -0.15) is 0 Å². The number of nitrogens with one attached hydrogen (secondary N) is 1. The van der Waals surface area contributed by atoms with Crippen molar-refractivity contribution in [2.75, 3.05) is 12.4 Å². The van der Waals surface area contributed by atoms with Crippen molar-refractivity contribution in [1.82, 2.24) is 10.2 Å². The van der Waals surface area contributed by atoms with E-state index in [1.807, 2.05) is 6.07 Å². The molecule has 1 saturated heterocycles. The minimum atomic E-state index is -0.910. The van der Waals surface area contributed by atoms with E-state index < -0.39 is 40.1 Å². The lowest BCUT2D eigenvalue weighted by Gasteiger charge is -2.48. The van der Waals surface area contributed by atoms with Gasteiger partial charge in [-0.25, -0.2) is 4.79 Å². The molecule has 14 heteroatoms. The number of nitro groups is 1. The average molecular weight is 546 g/mol. The van der Waals surface area contributed by atoms with E-state index >= 15 is 0 Å². The molecule has 2 aliphatic rings. The molecule has 3 N–H and O–H groups in total. The number of non-ortho nitro benzene ring substituents is 1. The van der Waals surface area contributed by atoms with Gasteiger partial charge in [0.05, 0.1) is 10.7 Å². The molecule has 0 aliphatic carbocycles. The van der Waals surface area contributed by atoms with Gasteiger partial charge < -0.3 is 25.0 Å². The first-order chi connectivity index (χ1) is 18.1. The number of aliphatic hydroxyl groups excluding tert-OH is 1. The van der Waals surface area contributed by atoms with E-state index in [1.54, 1.807) is 24.3 Å². The zero-order chi connectivity index (χ0) is 27.8.